The predicted molar refractivity (Wildman–Crippen MR) is 67.5 cm³/mol. The average molecular weight is 232 g/mol. The van der Waals surface area contributed by atoms with Crippen LogP contribution in [0.25, 0.3) is 10.9 Å². The molecule has 0 amide bonds. The molecule has 3 heteroatoms. The number of rotatable bonds is 2. The molecule has 1 aliphatic carbocycles. The summed E-state index contributed by atoms with van der Waals surface area (Å²) in [6, 6.07) is 5.80. The Balaban J connectivity index is 2.19. The average Bonchev–Trinajstić information content (AvgIpc) is 2.98. The van der Waals surface area contributed by atoms with Crippen molar-refractivity contribution >= 4 is 10.9 Å². The topological polar surface area (TPSA) is 41.8 Å². The van der Waals surface area contributed by atoms with Crippen LogP contribution >= 0.6 is 0 Å². The highest BCUT2D eigenvalue weighted by atomic mass is 19.1. The summed E-state index contributed by atoms with van der Waals surface area (Å²) in [5.74, 6) is -0.111. The van der Waals surface area contributed by atoms with Gasteiger partial charge in [0.25, 0.3) is 0 Å². The van der Waals surface area contributed by atoms with Crippen LogP contribution in [-0.2, 0) is 5.41 Å². The second-order valence-electron chi connectivity index (χ2n) is 5.06. The minimum absolute atomic E-state index is 0.111. The first kappa shape index (κ1) is 10.8. The summed E-state index contributed by atoms with van der Waals surface area (Å²) in [5.41, 5.74) is 7.19. The molecule has 0 atom stereocenters. The van der Waals surface area contributed by atoms with Gasteiger partial charge in [-0.3, -0.25) is 0 Å². The van der Waals surface area contributed by atoms with E-state index in [1.54, 1.807) is 6.20 Å². The lowest BCUT2D eigenvalue weighted by molar-refractivity contribution is 0.429. The van der Waals surface area contributed by atoms with Gasteiger partial charge in [-0.2, -0.15) is 0 Å². The SMILES string of the molecule is NCC1(c2ccc3cc[nH]c3c2F)CCCC1. The number of aromatic amines is 1. The standard InChI is InChI=1S/C14H17FN2/c15-12-11(14(9-16)6-1-2-7-14)4-3-10-5-8-17-13(10)12/h3-5,8,17H,1-2,6-7,9,16H2. The summed E-state index contributed by atoms with van der Waals surface area (Å²) in [6.45, 7) is 0.538. The third-order valence-electron chi connectivity index (χ3n) is 4.19. The van der Waals surface area contributed by atoms with Crippen molar-refractivity contribution in [3.63, 3.8) is 0 Å². The molecule has 1 heterocycles. The first-order chi connectivity index (χ1) is 8.27. The van der Waals surface area contributed by atoms with Gasteiger partial charge in [-0.25, -0.2) is 4.39 Å². The van der Waals surface area contributed by atoms with Gasteiger partial charge in [0, 0.05) is 23.5 Å². The van der Waals surface area contributed by atoms with E-state index in [4.69, 9.17) is 5.73 Å². The molecule has 1 fully saturated rings. The number of aromatic nitrogens is 1. The zero-order chi connectivity index (χ0) is 11.9. The zero-order valence-corrected chi connectivity index (χ0v) is 9.80. The highest BCUT2D eigenvalue weighted by Gasteiger charge is 2.36. The Kier molecular flexibility index (Phi) is 2.44. The van der Waals surface area contributed by atoms with Gasteiger partial charge in [0.15, 0.2) is 5.82 Å². The van der Waals surface area contributed by atoms with E-state index in [1.807, 2.05) is 18.2 Å². The highest BCUT2D eigenvalue weighted by molar-refractivity contribution is 5.81. The Labute approximate surface area is 100 Å². The van der Waals surface area contributed by atoms with Crippen molar-refractivity contribution in [2.24, 2.45) is 5.73 Å². The van der Waals surface area contributed by atoms with Crippen LogP contribution < -0.4 is 5.73 Å². The van der Waals surface area contributed by atoms with E-state index in [1.165, 1.54) is 0 Å². The molecule has 1 aromatic carbocycles. The third-order valence-corrected chi connectivity index (χ3v) is 4.19. The molecule has 2 nitrogen and oxygen atoms in total. The Morgan fingerprint density at radius 1 is 1.24 bits per heavy atom. The molecule has 0 spiro atoms. The van der Waals surface area contributed by atoms with Crippen LogP contribution in [-0.4, -0.2) is 11.5 Å². The molecule has 0 saturated heterocycles. The molecular weight excluding hydrogens is 215 g/mol. The zero-order valence-electron chi connectivity index (χ0n) is 9.80. The quantitative estimate of drug-likeness (QED) is 0.821. The second kappa shape index (κ2) is 3.84. The fourth-order valence-electron chi connectivity index (χ4n) is 3.14. The summed E-state index contributed by atoms with van der Waals surface area (Å²) >= 11 is 0. The molecule has 1 aromatic heterocycles. The second-order valence-corrected chi connectivity index (χ2v) is 5.06. The van der Waals surface area contributed by atoms with Gasteiger partial charge in [0.2, 0.25) is 0 Å². The molecule has 0 radical (unpaired) electrons. The third kappa shape index (κ3) is 1.49. The Morgan fingerprint density at radius 2 is 2.00 bits per heavy atom. The number of hydrogen-bond acceptors (Lipinski definition) is 1. The van der Waals surface area contributed by atoms with Crippen LogP contribution in [0.1, 0.15) is 31.2 Å². The van der Waals surface area contributed by atoms with Crippen molar-refractivity contribution in [1.29, 1.82) is 0 Å². The van der Waals surface area contributed by atoms with Crippen LogP contribution in [0.3, 0.4) is 0 Å². The van der Waals surface area contributed by atoms with Gasteiger partial charge < -0.3 is 10.7 Å². The summed E-state index contributed by atoms with van der Waals surface area (Å²) in [4.78, 5) is 2.98. The number of benzene rings is 1. The molecule has 17 heavy (non-hydrogen) atoms. The van der Waals surface area contributed by atoms with Gasteiger partial charge in [-0.05, 0) is 24.5 Å². The van der Waals surface area contributed by atoms with Crippen molar-refractivity contribution in [1.82, 2.24) is 4.98 Å². The molecule has 0 aliphatic heterocycles. The largest absolute Gasteiger partial charge is 0.359 e. The van der Waals surface area contributed by atoms with Crippen molar-refractivity contribution in [3.05, 3.63) is 35.8 Å². The predicted octanol–water partition coefficient (Wildman–Crippen LogP) is 3.08. The molecule has 1 saturated carbocycles. The summed E-state index contributed by atoms with van der Waals surface area (Å²) < 4.78 is 14.5. The van der Waals surface area contributed by atoms with Gasteiger partial charge in [0.05, 0.1) is 5.52 Å². The van der Waals surface area contributed by atoms with Crippen LogP contribution in [0.2, 0.25) is 0 Å². The number of hydrogen-bond donors (Lipinski definition) is 2. The van der Waals surface area contributed by atoms with Crippen molar-refractivity contribution in [2.45, 2.75) is 31.1 Å². The first-order valence-electron chi connectivity index (χ1n) is 6.23. The number of halogens is 1. The van der Waals surface area contributed by atoms with Gasteiger partial charge in [-0.1, -0.05) is 25.0 Å². The van der Waals surface area contributed by atoms with Crippen molar-refractivity contribution in [2.75, 3.05) is 6.54 Å². The number of nitrogens with two attached hydrogens (primary N) is 1. The van der Waals surface area contributed by atoms with Crippen molar-refractivity contribution in [3.8, 4) is 0 Å². The molecule has 3 rings (SSSR count). The van der Waals surface area contributed by atoms with Crippen LogP contribution in [0, 0.1) is 5.82 Å². The highest BCUT2D eigenvalue weighted by Crippen LogP contribution is 2.42. The minimum atomic E-state index is -0.136. The van der Waals surface area contributed by atoms with E-state index in [2.05, 4.69) is 4.98 Å². The summed E-state index contributed by atoms with van der Waals surface area (Å²) in [6.07, 6.45) is 6.10. The Morgan fingerprint density at radius 3 is 2.71 bits per heavy atom. The smallest absolute Gasteiger partial charge is 0.151 e. The molecule has 2 aromatic rings. The normalized spacial score (nSPS) is 18.9. The molecule has 1 aliphatic rings. The molecular formula is C14H17FN2. The lowest BCUT2D eigenvalue weighted by Crippen LogP contribution is -2.33. The number of H-pyrrole nitrogens is 1. The fourth-order valence-corrected chi connectivity index (χ4v) is 3.14. The van der Waals surface area contributed by atoms with Gasteiger partial charge in [0.1, 0.15) is 0 Å². The number of nitrogens with one attached hydrogen (secondary N) is 1. The Hall–Kier alpha value is -1.35. The maximum Gasteiger partial charge on any atom is 0.151 e. The van der Waals surface area contributed by atoms with Gasteiger partial charge >= 0.3 is 0 Å². The maximum absolute atomic E-state index is 14.5. The van der Waals surface area contributed by atoms with Crippen LogP contribution in [0.5, 0.6) is 0 Å². The number of fused-ring (bicyclic) bond motifs is 1. The van der Waals surface area contributed by atoms with E-state index in [9.17, 15) is 4.39 Å². The van der Waals surface area contributed by atoms with E-state index >= 15 is 0 Å². The minimum Gasteiger partial charge on any atom is -0.359 e. The molecule has 90 valence electrons. The Bertz CT molecular complexity index is 538. The van der Waals surface area contributed by atoms with Crippen molar-refractivity contribution < 1.29 is 4.39 Å². The van der Waals surface area contributed by atoms with E-state index in [0.29, 0.717) is 12.1 Å². The summed E-state index contributed by atoms with van der Waals surface area (Å²) in [5, 5.41) is 0.927. The van der Waals surface area contributed by atoms with E-state index in [-0.39, 0.29) is 11.2 Å². The van der Waals surface area contributed by atoms with Crippen LogP contribution in [0.4, 0.5) is 4.39 Å². The van der Waals surface area contributed by atoms with Gasteiger partial charge in [-0.15, -0.1) is 0 Å². The van der Waals surface area contributed by atoms with Crippen LogP contribution in [0.15, 0.2) is 24.4 Å². The fraction of sp³-hybridized carbons (Fsp3) is 0.429. The first-order valence-corrected chi connectivity index (χ1v) is 6.23. The maximum atomic E-state index is 14.5. The lowest BCUT2D eigenvalue weighted by Gasteiger charge is -2.28. The van der Waals surface area contributed by atoms with E-state index < -0.39 is 0 Å². The molecule has 0 bridgehead atoms. The summed E-state index contributed by atoms with van der Waals surface area (Å²) in [7, 11) is 0. The lowest BCUT2D eigenvalue weighted by atomic mass is 9.78. The van der Waals surface area contributed by atoms with E-state index in [0.717, 1.165) is 36.6 Å². The monoisotopic (exact) mass is 232 g/mol. The molecule has 0 unspecified atom stereocenters. The molecule has 3 N–H and O–H groups in total.